The van der Waals surface area contributed by atoms with Gasteiger partial charge in [0.2, 0.25) is 0 Å². The number of para-hydroxylation sites is 2. The highest BCUT2D eigenvalue weighted by Crippen LogP contribution is 2.45. The van der Waals surface area contributed by atoms with Crippen molar-refractivity contribution in [3.8, 4) is 44.5 Å². The van der Waals surface area contributed by atoms with Gasteiger partial charge in [-0.2, -0.15) is 0 Å². The molecular formula is C50H30O2. The van der Waals surface area contributed by atoms with Crippen LogP contribution in [0.3, 0.4) is 0 Å². The molecular weight excluding hydrogens is 633 g/mol. The molecule has 0 amide bonds. The Morgan fingerprint density at radius 3 is 1.38 bits per heavy atom. The van der Waals surface area contributed by atoms with E-state index in [0.29, 0.717) is 0 Å². The van der Waals surface area contributed by atoms with Crippen LogP contribution >= 0.6 is 0 Å². The first kappa shape index (κ1) is 28.9. The molecule has 0 radical (unpaired) electrons. The zero-order valence-corrected chi connectivity index (χ0v) is 28.1. The molecule has 9 aromatic carbocycles. The minimum Gasteiger partial charge on any atom is -0.456 e. The summed E-state index contributed by atoms with van der Waals surface area (Å²) < 4.78 is 12.7. The van der Waals surface area contributed by atoms with Crippen LogP contribution in [0.2, 0.25) is 0 Å². The van der Waals surface area contributed by atoms with Gasteiger partial charge in [-0.3, -0.25) is 0 Å². The Morgan fingerprint density at radius 2 is 0.692 bits per heavy atom. The summed E-state index contributed by atoms with van der Waals surface area (Å²) >= 11 is 0. The molecule has 0 saturated carbocycles. The van der Waals surface area contributed by atoms with Crippen molar-refractivity contribution < 1.29 is 8.83 Å². The Hall–Kier alpha value is -6.90. The standard InChI is InChI=1S/C50H30O2/c1-2-14-35-31(13-1)30-44(40-18-6-5-16-38(35)40)34-28-32(27-33(29-34)37-21-11-25-47-49(37)42-19-7-9-23-45(42)51-47)36-15-3-4-17-39(36)41-22-12-26-48-50(41)43-20-8-10-24-46(43)52-48/h1-30H. The second kappa shape index (κ2) is 11.3. The van der Waals surface area contributed by atoms with E-state index in [2.05, 4.69) is 170 Å². The first-order chi connectivity index (χ1) is 25.8. The summed E-state index contributed by atoms with van der Waals surface area (Å²) in [6, 6.07) is 65.2. The van der Waals surface area contributed by atoms with E-state index in [1.54, 1.807) is 0 Å². The normalized spacial score (nSPS) is 11.8. The number of benzene rings is 9. The highest BCUT2D eigenvalue weighted by atomic mass is 16.3. The predicted octanol–water partition coefficient (Wildman–Crippen LogP) is 14.5. The first-order valence-electron chi connectivity index (χ1n) is 17.8. The van der Waals surface area contributed by atoms with Gasteiger partial charge in [0.25, 0.3) is 0 Å². The number of fused-ring (bicyclic) bond motifs is 9. The molecule has 0 fully saturated rings. The van der Waals surface area contributed by atoms with E-state index < -0.39 is 0 Å². The van der Waals surface area contributed by atoms with Crippen molar-refractivity contribution in [1.29, 1.82) is 0 Å². The average molecular weight is 663 g/mol. The topological polar surface area (TPSA) is 26.3 Å². The van der Waals surface area contributed by atoms with E-state index in [9.17, 15) is 0 Å². The molecule has 0 aliphatic carbocycles. The molecule has 2 heterocycles. The lowest BCUT2D eigenvalue weighted by molar-refractivity contribution is 0.668. The molecule has 0 atom stereocenters. The van der Waals surface area contributed by atoms with Gasteiger partial charge in [0.05, 0.1) is 0 Å². The van der Waals surface area contributed by atoms with Crippen LogP contribution in [0.15, 0.2) is 191 Å². The van der Waals surface area contributed by atoms with Gasteiger partial charge < -0.3 is 8.83 Å². The van der Waals surface area contributed by atoms with Crippen LogP contribution in [0.1, 0.15) is 0 Å². The third-order valence-electron chi connectivity index (χ3n) is 10.7. The number of furan rings is 2. The van der Waals surface area contributed by atoms with Gasteiger partial charge in [-0.1, -0.05) is 133 Å². The Bertz CT molecular complexity index is 3190. The Morgan fingerprint density at radius 1 is 0.250 bits per heavy atom. The van der Waals surface area contributed by atoms with Gasteiger partial charge in [-0.05, 0) is 115 Å². The van der Waals surface area contributed by atoms with E-state index in [-0.39, 0.29) is 0 Å². The van der Waals surface area contributed by atoms with E-state index >= 15 is 0 Å². The molecule has 2 nitrogen and oxygen atoms in total. The van der Waals surface area contributed by atoms with Crippen LogP contribution in [-0.2, 0) is 0 Å². The van der Waals surface area contributed by atoms with Crippen LogP contribution in [0, 0.1) is 0 Å². The lowest BCUT2D eigenvalue weighted by atomic mass is 9.86. The van der Waals surface area contributed by atoms with Gasteiger partial charge in [-0.25, -0.2) is 0 Å². The molecule has 0 spiro atoms. The molecule has 0 aliphatic heterocycles. The fourth-order valence-corrected chi connectivity index (χ4v) is 8.37. The van der Waals surface area contributed by atoms with Gasteiger partial charge in [0.15, 0.2) is 0 Å². The van der Waals surface area contributed by atoms with Crippen molar-refractivity contribution in [1.82, 2.24) is 0 Å². The van der Waals surface area contributed by atoms with Gasteiger partial charge in [0, 0.05) is 21.5 Å². The predicted molar refractivity (Wildman–Crippen MR) is 218 cm³/mol. The van der Waals surface area contributed by atoms with Gasteiger partial charge in [0.1, 0.15) is 22.3 Å². The molecule has 2 heteroatoms. The van der Waals surface area contributed by atoms with Crippen LogP contribution in [-0.4, -0.2) is 0 Å². The maximum Gasteiger partial charge on any atom is 0.136 e. The molecule has 0 N–H and O–H groups in total. The van der Waals surface area contributed by atoms with E-state index in [1.165, 1.54) is 32.7 Å². The molecule has 52 heavy (non-hydrogen) atoms. The summed E-state index contributed by atoms with van der Waals surface area (Å²) in [6.45, 7) is 0. The van der Waals surface area contributed by atoms with Crippen molar-refractivity contribution in [3.05, 3.63) is 182 Å². The second-order valence-corrected chi connectivity index (χ2v) is 13.6. The Balaban J connectivity index is 1.23. The summed E-state index contributed by atoms with van der Waals surface area (Å²) in [5, 5.41) is 9.49. The minimum atomic E-state index is 0.890. The summed E-state index contributed by atoms with van der Waals surface area (Å²) in [6.07, 6.45) is 0. The minimum absolute atomic E-state index is 0.890. The highest BCUT2D eigenvalue weighted by molar-refractivity contribution is 6.17. The smallest absolute Gasteiger partial charge is 0.136 e. The van der Waals surface area contributed by atoms with Crippen molar-refractivity contribution in [2.24, 2.45) is 0 Å². The Kier molecular flexibility index (Phi) is 6.28. The quantitative estimate of drug-likeness (QED) is 0.175. The van der Waals surface area contributed by atoms with E-state index in [0.717, 1.165) is 77.3 Å². The fourth-order valence-electron chi connectivity index (χ4n) is 8.37. The van der Waals surface area contributed by atoms with Crippen molar-refractivity contribution in [3.63, 3.8) is 0 Å². The van der Waals surface area contributed by atoms with Gasteiger partial charge in [-0.15, -0.1) is 0 Å². The number of rotatable bonds is 4. The second-order valence-electron chi connectivity index (χ2n) is 13.6. The first-order valence-corrected chi connectivity index (χ1v) is 17.8. The van der Waals surface area contributed by atoms with Crippen molar-refractivity contribution >= 4 is 65.4 Å². The van der Waals surface area contributed by atoms with Crippen LogP contribution < -0.4 is 0 Å². The van der Waals surface area contributed by atoms with Crippen molar-refractivity contribution in [2.75, 3.05) is 0 Å². The molecule has 0 saturated heterocycles. The third-order valence-corrected chi connectivity index (χ3v) is 10.7. The van der Waals surface area contributed by atoms with E-state index in [1.807, 2.05) is 12.1 Å². The molecule has 0 aliphatic rings. The van der Waals surface area contributed by atoms with Crippen LogP contribution in [0.4, 0.5) is 0 Å². The summed E-state index contributed by atoms with van der Waals surface area (Å²) in [5.74, 6) is 0. The highest BCUT2D eigenvalue weighted by Gasteiger charge is 2.19. The molecule has 242 valence electrons. The molecule has 11 rings (SSSR count). The third kappa shape index (κ3) is 4.38. The monoisotopic (exact) mass is 662 g/mol. The molecule has 11 aromatic rings. The lowest BCUT2D eigenvalue weighted by Crippen LogP contribution is -1.91. The largest absolute Gasteiger partial charge is 0.456 e. The SMILES string of the molecule is c1ccc(-c2cccc3oc4ccccc4c23)c(-c2cc(-c3cc4ccccc4c4ccccc34)cc(-c3cccc4oc5ccccc5c34)c2)c1. The summed E-state index contributed by atoms with van der Waals surface area (Å²) in [7, 11) is 0. The van der Waals surface area contributed by atoms with Crippen LogP contribution in [0.25, 0.3) is 110 Å². The zero-order valence-electron chi connectivity index (χ0n) is 28.1. The number of hydrogen-bond acceptors (Lipinski definition) is 2. The molecule has 2 aromatic heterocycles. The zero-order chi connectivity index (χ0) is 34.2. The maximum atomic E-state index is 6.39. The summed E-state index contributed by atoms with van der Waals surface area (Å²) in [5.41, 5.74) is 12.9. The van der Waals surface area contributed by atoms with E-state index in [4.69, 9.17) is 8.83 Å². The Labute approximate surface area is 299 Å². The number of hydrogen-bond donors (Lipinski definition) is 0. The average Bonchev–Trinajstić information content (AvgIpc) is 3.79. The maximum absolute atomic E-state index is 6.39. The fraction of sp³-hybridized carbons (Fsp3) is 0. The molecule has 0 unspecified atom stereocenters. The van der Waals surface area contributed by atoms with Crippen LogP contribution in [0.5, 0.6) is 0 Å². The van der Waals surface area contributed by atoms with Crippen molar-refractivity contribution in [2.45, 2.75) is 0 Å². The lowest BCUT2D eigenvalue weighted by Gasteiger charge is -2.17. The molecule has 0 bridgehead atoms. The summed E-state index contributed by atoms with van der Waals surface area (Å²) in [4.78, 5) is 0. The van der Waals surface area contributed by atoms with Gasteiger partial charge >= 0.3 is 0 Å².